The molecule has 2 atom stereocenters. The first-order valence-corrected chi connectivity index (χ1v) is 6.46. The van der Waals surface area contributed by atoms with Gasteiger partial charge in [-0.3, -0.25) is 0 Å². The van der Waals surface area contributed by atoms with Crippen molar-refractivity contribution in [3.05, 3.63) is 0 Å². The third-order valence-corrected chi connectivity index (χ3v) is 4.49. The van der Waals surface area contributed by atoms with Gasteiger partial charge in [-0.2, -0.15) is 11.8 Å². The van der Waals surface area contributed by atoms with E-state index in [9.17, 15) is 0 Å². The second-order valence-corrected chi connectivity index (χ2v) is 7.56. The van der Waals surface area contributed by atoms with Crippen LogP contribution in [-0.4, -0.2) is 11.5 Å². The SMILES string of the molecule is CC(C)(C)[C@H]1CSC[C@@H]1C(C)(C)C. The number of hydrogen-bond donors (Lipinski definition) is 0. The van der Waals surface area contributed by atoms with E-state index in [2.05, 4.69) is 53.3 Å². The molecule has 1 saturated heterocycles. The highest BCUT2D eigenvalue weighted by Gasteiger charge is 2.41. The Bertz CT molecular complexity index is 151. The third-order valence-electron chi connectivity index (χ3n) is 3.31. The maximum atomic E-state index is 2.39. The Hall–Kier alpha value is 0.350. The fourth-order valence-corrected chi connectivity index (χ4v) is 4.37. The van der Waals surface area contributed by atoms with Crippen LogP contribution in [0, 0.1) is 22.7 Å². The fraction of sp³-hybridized carbons (Fsp3) is 1.00. The van der Waals surface area contributed by atoms with E-state index >= 15 is 0 Å². The Morgan fingerprint density at radius 3 is 1.31 bits per heavy atom. The van der Waals surface area contributed by atoms with Crippen LogP contribution in [0.15, 0.2) is 0 Å². The molecule has 1 rings (SSSR count). The Labute approximate surface area is 87.9 Å². The minimum atomic E-state index is 0.488. The maximum absolute atomic E-state index is 2.39. The van der Waals surface area contributed by atoms with Crippen molar-refractivity contribution >= 4 is 11.8 Å². The molecule has 0 amide bonds. The van der Waals surface area contributed by atoms with E-state index in [1.807, 2.05) is 0 Å². The third kappa shape index (κ3) is 2.65. The van der Waals surface area contributed by atoms with E-state index in [-0.39, 0.29) is 0 Å². The van der Waals surface area contributed by atoms with E-state index in [4.69, 9.17) is 0 Å². The molecule has 0 aromatic carbocycles. The first kappa shape index (κ1) is 11.4. The molecule has 1 aliphatic rings. The average molecular weight is 200 g/mol. The predicted molar refractivity (Wildman–Crippen MR) is 63.2 cm³/mol. The first-order chi connectivity index (χ1) is 5.73. The lowest BCUT2D eigenvalue weighted by Gasteiger charge is -2.38. The molecule has 1 heterocycles. The summed E-state index contributed by atoms with van der Waals surface area (Å²) in [5.41, 5.74) is 0.975. The molecule has 0 radical (unpaired) electrons. The second kappa shape index (κ2) is 3.49. The van der Waals surface area contributed by atoms with Gasteiger partial charge in [-0.25, -0.2) is 0 Å². The number of hydrogen-bond acceptors (Lipinski definition) is 1. The summed E-state index contributed by atoms with van der Waals surface area (Å²) >= 11 is 2.14. The molecule has 0 unspecified atom stereocenters. The van der Waals surface area contributed by atoms with Gasteiger partial charge in [-0.15, -0.1) is 0 Å². The Morgan fingerprint density at radius 1 is 0.769 bits per heavy atom. The lowest BCUT2D eigenvalue weighted by atomic mass is 9.66. The molecule has 0 bridgehead atoms. The van der Waals surface area contributed by atoms with Crippen LogP contribution in [0.5, 0.6) is 0 Å². The molecule has 0 N–H and O–H groups in total. The molecule has 0 aromatic rings. The van der Waals surface area contributed by atoms with Crippen molar-refractivity contribution in [3.8, 4) is 0 Å². The molecular weight excluding hydrogens is 176 g/mol. The minimum absolute atomic E-state index is 0.488. The van der Waals surface area contributed by atoms with Gasteiger partial charge in [0.05, 0.1) is 0 Å². The standard InChI is InChI=1S/C12H24S/c1-11(2,3)9-7-13-8-10(9)12(4,5)6/h9-10H,7-8H2,1-6H3/t9-,10-/m0/s1. The van der Waals surface area contributed by atoms with Crippen LogP contribution in [0.1, 0.15) is 41.5 Å². The van der Waals surface area contributed by atoms with Crippen molar-refractivity contribution in [1.82, 2.24) is 0 Å². The van der Waals surface area contributed by atoms with Crippen molar-refractivity contribution < 1.29 is 0 Å². The van der Waals surface area contributed by atoms with Crippen LogP contribution in [0.4, 0.5) is 0 Å². The van der Waals surface area contributed by atoms with E-state index in [1.54, 1.807) is 0 Å². The molecule has 0 aliphatic carbocycles. The Balaban J connectivity index is 2.76. The molecule has 78 valence electrons. The van der Waals surface area contributed by atoms with Crippen LogP contribution in [0.25, 0.3) is 0 Å². The topological polar surface area (TPSA) is 0 Å². The van der Waals surface area contributed by atoms with Crippen LogP contribution >= 0.6 is 11.8 Å². The summed E-state index contributed by atoms with van der Waals surface area (Å²) in [5, 5.41) is 0. The van der Waals surface area contributed by atoms with E-state index in [0.717, 1.165) is 11.8 Å². The van der Waals surface area contributed by atoms with Crippen molar-refractivity contribution in [2.75, 3.05) is 11.5 Å². The molecule has 0 nitrogen and oxygen atoms in total. The van der Waals surface area contributed by atoms with Crippen LogP contribution in [0.3, 0.4) is 0 Å². The molecule has 1 aliphatic heterocycles. The minimum Gasteiger partial charge on any atom is -0.161 e. The van der Waals surface area contributed by atoms with Crippen LogP contribution < -0.4 is 0 Å². The zero-order valence-corrected chi connectivity index (χ0v) is 10.8. The largest absolute Gasteiger partial charge is 0.161 e. The predicted octanol–water partition coefficient (Wildman–Crippen LogP) is 4.06. The molecule has 1 heteroatoms. The average Bonchev–Trinajstić information content (AvgIpc) is 2.27. The summed E-state index contributed by atoms with van der Waals surface area (Å²) < 4.78 is 0. The van der Waals surface area contributed by atoms with Crippen LogP contribution in [0.2, 0.25) is 0 Å². The molecule has 0 spiro atoms. The van der Waals surface area contributed by atoms with Crippen molar-refractivity contribution in [1.29, 1.82) is 0 Å². The van der Waals surface area contributed by atoms with Gasteiger partial charge in [0.1, 0.15) is 0 Å². The van der Waals surface area contributed by atoms with Gasteiger partial charge in [0, 0.05) is 0 Å². The molecular formula is C12H24S. The van der Waals surface area contributed by atoms with Gasteiger partial charge in [-0.1, -0.05) is 41.5 Å². The van der Waals surface area contributed by atoms with Crippen molar-refractivity contribution in [2.45, 2.75) is 41.5 Å². The van der Waals surface area contributed by atoms with Gasteiger partial charge in [0.25, 0.3) is 0 Å². The fourth-order valence-electron chi connectivity index (χ4n) is 2.26. The van der Waals surface area contributed by atoms with Gasteiger partial charge in [-0.05, 0) is 34.2 Å². The highest BCUT2D eigenvalue weighted by atomic mass is 32.2. The monoisotopic (exact) mass is 200 g/mol. The number of thioether (sulfide) groups is 1. The molecule has 13 heavy (non-hydrogen) atoms. The summed E-state index contributed by atoms with van der Waals surface area (Å²) in [4.78, 5) is 0. The van der Waals surface area contributed by atoms with Crippen LogP contribution in [-0.2, 0) is 0 Å². The Morgan fingerprint density at radius 2 is 1.08 bits per heavy atom. The zero-order chi connectivity index (χ0) is 10.3. The second-order valence-electron chi connectivity index (χ2n) is 6.48. The quantitative estimate of drug-likeness (QED) is 0.568. The summed E-state index contributed by atoms with van der Waals surface area (Å²) in [6.45, 7) is 14.3. The van der Waals surface area contributed by atoms with Gasteiger partial charge >= 0.3 is 0 Å². The van der Waals surface area contributed by atoms with Crippen molar-refractivity contribution in [2.24, 2.45) is 22.7 Å². The zero-order valence-electron chi connectivity index (χ0n) is 9.98. The Kier molecular flexibility index (Phi) is 3.07. The summed E-state index contributed by atoms with van der Waals surface area (Å²) in [6.07, 6.45) is 0. The van der Waals surface area contributed by atoms with Gasteiger partial charge in [0.15, 0.2) is 0 Å². The molecule has 1 fully saturated rings. The number of rotatable bonds is 0. The van der Waals surface area contributed by atoms with Gasteiger partial charge < -0.3 is 0 Å². The molecule has 0 saturated carbocycles. The highest BCUT2D eigenvalue weighted by molar-refractivity contribution is 7.99. The molecule has 0 aromatic heterocycles. The van der Waals surface area contributed by atoms with E-state index in [0.29, 0.717) is 10.8 Å². The lowest BCUT2D eigenvalue weighted by molar-refractivity contribution is 0.115. The van der Waals surface area contributed by atoms with Gasteiger partial charge in [0.2, 0.25) is 0 Å². The summed E-state index contributed by atoms with van der Waals surface area (Å²) in [6, 6.07) is 0. The van der Waals surface area contributed by atoms with E-state index < -0.39 is 0 Å². The van der Waals surface area contributed by atoms with Crippen molar-refractivity contribution in [3.63, 3.8) is 0 Å². The van der Waals surface area contributed by atoms with E-state index in [1.165, 1.54) is 11.5 Å². The summed E-state index contributed by atoms with van der Waals surface area (Å²) in [7, 11) is 0. The smallest absolute Gasteiger partial charge is 0.00309 e. The maximum Gasteiger partial charge on any atom is -0.00309 e. The normalized spacial score (nSPS) is 30.9. The summed E-state index contributed by atoms with van der Waals surface area (Å²) in [5.74, 6) is 4.53. The lowest BCUT2D eigenvalue weighted by Crippen LogP contribution is -2.34. The highest BCUT2D eigenvalue weighted by Crippen LogP contribution is 2.48. The first-order valence-electron chi connectivity index (χ1n) is 5.30.